The summed E-state index contributed by atoms with van der Waals surface area (Å²) in [6, 6.07) is 3.59. The Morgan fingerprint density at radius 3 is 2.80 bits per heavy atom. The Labute approximate surface area is 122 Å². The van der Waals surface area contributed by atoms with Crippen molar-refractivity contribution >= 4 is 23.4 Å². The Bertz CT molecular complexity index is 534. The normalized spacial score (nSPS) is 22.0. The lowest BCUT2D eigenvalue weighted by molar-refractivity contribution is -0.143. The fourth-order valence-corrected chi connectivity index (χ4v) is 2.73. The number of aliphatic carboxylic acids is 1. The second-order valence-corrected chi connectivity index (χ2v) is 5.45. The summed E-state index contributed by atoms with van der Waals surface area (Å²) in [7, 11) is 0. The molecule has 6 heteroatoms. The number of carboxylic acids is 1. The van der Waals surface area contributed by atoms with E-state index >= 15 is 0 Å². The van der Waals surface area contributed by atoms with Crippen LogP contribution in [0, 0.1) is 23.2 Å². The molecule has 0 saturated heterocycles. The van der Waals surface area contributed by atoms with Gasteiger partial charge in [0.1, 0.15) is 16.9 Å². The molecule has 0 spiro atoms. The molecule has 20 heavy (non-hydrogen) atoms. The van der Waals surface area contributed by atoms with E-state index in [1.165, 1.54) is 0 Å². The van der Waals surface area contributed by atoms with Crippen molar-refractivity contribution in [1.82, 2.24) is 4.98 Å². The van der Waals surface area contributed by atoms with Crippen LogP contribution in [0.1, 0.15) is 31.2 Å². The van der Waals surface area contributed by atoms with Crippen molar-refractivity contribution in [2.24, 2.45) is 11.8 Å². The van der Waals surface area contributed by atoms with Gasteiger partial charge in [-0.15, -0.1) is 0 Å². The van der Waals surface area contributed by atoms with E-state index in [4.69, 9.17) is 22.0 Å². The number of carbonyl (C=O) groups is 1. The van der Waals surface area contributed by atoms with Crippen LogP contribution in [0.2, 0.25) is 5.02 Å². The summed E-state index contributed by atoms with van der Waals surface area (Å²) in [5.74, 6) is 0.0537. The molecule has 1 heterocycles. The van der Waals surface area contributed by atoms with Gasteiger partial charge in [0.2, 0.25) is 0 Å². The molecule has 0 aliphatic heterocycles. The highest BCUT2D eigenvalue weighted by Crippen LogP contribution is 2.30. The van der Waals surface area contributed by atoms with Gasteiger partial charge in [-0.2, -0.15) is 5.26 Å². The van der Waals surface area contributed by atoms with Gasteiger partial charge in [-0.05, 0) is 37.7 Å². The van der Waals surface area contributed by atoms with Gasteiger partial charge in [0.25, 0.3) is 0 Å². The van der Waals surface area contributed by atoms with Crippen molar-refractivity contribution in [2.75, 3.05) is 11.9 Å². The van der Waals surface area contributed by atoms with Crippen LogP contribution in [0.3, 0.4) is 0 Å². The lowest BCUT2D eigenvalue weighted by Crippen LogP contribution is -2.25. The van der Waals surface area contributed by atoms with E-state index in [9.17, 15) is 4.79 Å². The molecule has 1 aliphatic rings. The van der Waals surface area contributed by atoms with Gasteiger partial charge in [0.05, 0.1) is 11.5 Å². The van der Waals surface area contributed by atoms with Gasteiger partial charge >= 0.3 is 5.97 Å². The number of nitrogens with zero attached hydrogens (tertiary/aromatic N) is 2. The standard InChI is InChI=1S/C14H16ClN3O2/c15-12-11(7-16)5-6-17-13(12)18-8-9-1-3-10(4-2-9)14(19)20/h5-6,9-10H,1-4,8H2,(H,17,18)(H,19,20). The Morgan fingerprint density at radius 2 is 2.20 bits per heavy atom. The van der Waals surface area contributed by atoms with E-state index in [1.807, 2.05) is 6.07 Å². The predicted octanol–water partition coefficient (Wildman–Crippen LogP) is 2.91. The van der Waals surface area contributed by atoms with E-state index < -0.39 is 5.97 Å². The van der Waals surface area contributed by atoms with E-state index in [-0.39, 0.29) is 5.92 Å². The van der Waals surface area contributed by atoms with Gasteiger partial charge in [-0.25, -0.2) is 4.98 Å². The molecular weight excluding hydrogens is 278 g/mol. The maximum atomic E-state index is 10.9. The van der Waals surface area contributed by atoms with Crippen molar-refractivity contribution < 1.29 is 9.90 Å². The molecule has 0 aromatic carbocycles. The molecule has 1 aromatic heterocycles. The average molecular weight is 294 g/mol. The lowest BCUT2D eigenvalue weighted by Gasteiger charge is -2.26. The fourth-order valence-electron chi connectivity index (χ4n) is 2.51. The molecule has 1 aromatic rings. The van der Waals surface area contributed by atoms with Gasteiger partial charge in [0.15, 0.2) is 0 Å². The van der Waals surface area contributed by atoms with Crippen molar-refractivity contribution in [3.63, 3.8) is 0 Å². The van der Waals surface area contributed by atoms with Crippen LogP contribution in [-0.4, -0.2) is 22.6 Å². The largest absolute Gasteiger partial charge is 0.481 e. The van der Waals surface area contributed by atoms with Crippen molar-refractivity contribution in [3.05, 3.63) is 22.8 Å². The van der Waals surface area contributed by atoms with Crippen molar-refractivity contribution in [2.45, 2.75) is 25.7 Å². The van der Waals surface area contributed by atoms with Crippen LogP contribution in [0.5, 0.6) is 0 Å². The maximum Gasteiger partial charge on any atom is 0.306 e. The first kappa shape index (κ1) is 14.6. The van der Waals surface area contributed by atoms with E-state index in [0.717, 1.165) is 25.7 Å². The zero-order valence-corrected chi connectivity index (χ0v) is 11.7. The number of rotatable bonds is 4. The van der Waals surface area contributed by atoms with Gasteiger partial charge in [0, 0.05) is 12.7 Å². The third-order valence-corrected chi connectivity index (χ3v) is 4.15. The monoisotopic (exact) mass is 293 g/mol. The lowest BCUT2D eigenvalue weighted by atomic mass is 9.82. The molecule has 0 amide bonds. The Hall–Kier alpha value is -1.80. The van der Waals surface area contributed by atoms with Crippen LogP contribution in [0.4, 0.5) is 5.82 Å². The Balaban J connectivity index is 1.88. The third kappa shape index (κ3) is 3.40. The second kappa shape index (κ2) is 6.58. The van der Waals surface area contributed by atoms with Gasteiger partial charge in [-0.1, -0.05) is 11.6 Å². The van der Waals surface area contributed by atoms with Crippen LogP contribution < -0.4 is 5.32 Å². The Morgan fingerprint density at radius 1 is 1.50 bits per heavy atom. The number of hydrogen-bond donors (Lipinski definition) is 2. The smallest absolute Gasteiger partial charge is 0.306 e. The Kier molecular flexibility index (Phi) is 4.80. The molecule has 0 atom stereocenters. The summed E-state index contributed by atoms with van der Waals surface area (Å²) in [6.45, 7) is 0.702. The SMILES string of the molecule is N#Cc1ccnc(NCC2CCC(C(=O)O)CC2)c1Cl. The van der Waals surface area contributed by atoms with E-state index in [1.54, 1.807) is 12.3 Å². The first-order valence-corrected chi connectivity index (χ1v) is 7.01. The number of anilines is 1. The zero-order chi connectivity index (χ0) is 14.5. The summed E-state index contributed by atoms with van der Waals surface area (Å²) in [4.78, 5) is 15.0. The number of aromatic nitrogens is 1. The van der Waals surface area contributed by atoms with E-state index in [0.29, 0.717) is 28.9 Å². The number of hydrogen-bond acceptors (Lipinski definition) is 4. The molecule has 0 radical (unpaired) electrons. The summed E-state index contributed by atoms with van der Waals surface area (Å²) in [5.41, 5.74) is 0.402. The molecule has 0 unspecified atom stereocenters. The minimum atomic E-state index is -0.692. The minimum absolute atomic E-state index is 0.199. The summed E-state index contributed by atoms with van der Waals surface area (Å²) >= 11 is 6.07. The van der Waals surface area contributed by atoms with Gasteiger partial charge < -0.3 is 10.4 Å². The highest BCUT2D eigenvalue weighted by atomic mass is 35.5. The molecular formula is C14H16ClN3O2. The molecule has 0 bridgehead atoms. The van der Waals surface area contributed by atoms with Crippen LogP contribution in [-0.2, 0) is 4.79 Å². The van der Waals surface area contributed by atoms with Crippen molar-refractivity contribution in [3.8, 4) is 6.07 Å². The fraction of sp³-hybridized carbons (Fsp3) is 0.500. The van der Waals surface area contributed by atoms with Crippen molar-refractivity contribution in [1.29, 1.82) is 5.26 Å². The average Bonchev–Trinajstić information content (AvgIpc) is 2.46. The number of pyridine rings is 1. The second-order valence-electron chi connectivity index (χ2n) is 5.07. The molecule has 1 aliphatic carbocycles. The number of halogens is 1. The summed E-state index contributed by atoms with van der Waals surface area (Å²) in [5, 5.41) is 21.3. The van der Waals surface area contributed by atoms with Crippen LogP contribution >= 0.6 is 11.6 Å². The minimum Gasteiger partial charge on any atom is -0.481 e. The quantitative estimate of drug-likeness (QED) is 0.891. The summed E-state index contributed by atoms with van der Waals surface area (Å²) < 4.78 is 0. The molecule has 2 N–H and O–H groups in total. The highest BCUT2D eigenvalue weighted by molar-refractivity contribution is 6.34. The van der Waals surface area contributed by atoms with Crippen LogP contribution in [0.15, 0.2) is 12.3 Å². The number of carboxylic acid groups (broad SMARTS) is 1. The van der Waals surface area contributed by atoms with Gasteiger partial charge in [-0.3, -0.25) is 4.79 Å². The number of nitriles is 1. The third-order valence-electron chi connectivity index (χ3n) is 3.76. The molecule has 5 nitrogen and oxygen atoms in total. The maximum absolute atomic E-state index is 10.9. The first-order valence-electron chi connectivity index (χ1n) is 6.63. The van der Waals surface area contributed by atoms with Crippen LogP contribution in [0.25, 0.3) is 0 Å². The first-order chi connectivity index (χ1) is 9.61. The molecule has 106 valence electrons. The van der Waals surface area contributed by atoms with E-state index in [2.05, 4.69) is 10.3 Å². The molecule has 2 rings (SSSR count). The molecule has 1 fully saturated rings. The molecule has 1 saturated carbocycles. The predicted molar refractivity (Wildman–Crippen MR) is 75.5 cm³/mol. The highest BCUT2D eigenvalue weighted by Gasteiger charge is 2.25. The summed E-state index contributed by atoms with van der Waals surface area (Å²) in [6.07, 6.45) is 4.77. The number of nitrogens with one attached hydrogen (secondary N) is 1. The zero-order valence-electron chi connectivity index (χ0n) is 11.0. The topological polar surface area (TPSA) is 86.0 Å².